The van der Waals surface area contributed by atoms with E-state index < -0.39 is 31.0 Å². The molecule has 9 heteroatoms. The average molecular weight is 282 g/mol. The minimum atomic E-state index is -1.66. The van der Waals surface area contributed by atoms with Crippen LogP contribution in [0.15, 0.2) is 4.34 Å². The first-order valence-corrected chi connectivity index (χ1v) is 6.76. The molecular formula is C8H14N2O5S2. The second-order valence-electron chi connectivity index (χ2n) is 3.29. The zero-order chi connectivity index (χ0) is 13.0. The molecule has 1 aromatic rings. The summed E-state index contributed by atoms with van der Waals surface area (Å²) in [6.45, 7) is -0.711. The van der Waals surface area contributed by atoms with Crippen LogP contribution in [-0.2, 0) is 0 Å². The maximum Gasteiger partial charge on any atom is 0.174 e. The van der Waals surface area contributed by atoms with E-state index in [9.17, 15) is 15.3 Å². The van der Waals surface area contributed by atoms with Gasteiger partial charge in [0.25, 0.3) is 0 Å². The number of aliphatic hydroxyl groups excluding tert-OH is 5. The van der Waals surface area contributed by atoms with E-state index in [0.717, 1.165) is 11.3 Å². The normalized spacial score (nSPS) is 18.7. The lowest BCUT2D eigenvalue weighted by Gasteiger charge is -2.24. The molecule has 98 valence electrons. The van der Waals surface area contributed by atoms with Gasteiger partial charge in [0.1, 0.15) is 29.4 Å². The van der Waals surface area contributed by atoms with Crippen molar-refractivity contribution in [2.45, 2.75) is 28.8 Å². The molecule has 5 N–H and O–H groups in total. The fourth-order valence-corrected chi connectivity index (χ4v) is 2.41. The molecule has 1 aromatic heterocycles. The molecule has 1 rings (SSSR count). The van der Waals surface area contributed by atoms with Crippen molar-refractivity contribution in [3.63, 3.8) is 0 Å². The highest BCUT2D eigenvalue weighted by Crippen LogP contribution is 2.27. The molecule has 0 saturated heterocycles. The number of thioether (sulfide) groups is 1. The van der Waals surface area contributed by atoms with Crippen LogP contribution in [0.2, 0.25) is 0 Å². The van der Waals surface area contributed by atoms with Gasteiger partial charge in [-0.1, -0.05) is 23.1 Å². The minimum absolute atomic E-state index is 0.144. The van der Waals surface area contributed by atoms with Gasteiger partial charge in [0.15, 0.2) is 4.34 Å². The standard InChI is InChI=1S/C8H14N2O5S2/c1-16-8-10-9-7(17-8)6(15)5(14)4(13)3(12)2-11/h3-6,11-15H,2H2,1H3/t3-,4-,5+,6+/m1/s1. The fourth-order valence-electron chi connectivity index (χ4n) is 1.09. The van der Waals surface area contributed by atoms with E-state index in [4.69, 9.17) is 10.2 Å². The van der Waals surface area contributed by atoms with E-state index in [1.807, 2.05) is 0 Å². The Morgan fingerprint density at radius 2 is 1.82 bits per heavy atom. The molecular weight excluding hydrogens is 268 g/mol. The molecule has 0 radical (unpaired) electrons. The fraction of sp³-hybridized carbons (Fsp3) is 0.750. The van der Waals surface area contributed by atoms with Crippen LogP contribution >= 0.6 is 23.1 Å². The molecule has 0 aromatic carbocycles. The van der Waals surface area contributed by atoms with Crippen LogP contribution < -0.4 is 0 Å². The Kier molecular flexibility index (Phi) is 5.73. The van der Waals surface area contributed by atoms with Crippen LogP contribution in [0.5, 0.6) is 0 Å². The number of hydrogen-bond acceptors (Lipinski definition) is 9. The van der Waals surface area contributed by atoms with Crippen molar-refractivity contribution >= 4 is 23.1 Å². The van der Waals surface area contributed by atoms with Gasteiger partial charge in [-0.05, 0) is 6.26 Å². The third-order valence-electron chi connectivity index (χ3n) is 2.10. The van der Waals surface area contributed by atoms with E-state index >= 15 is 0 Å². The van der Waals surface area contributed by atoms with E-state index in [-0.39, 0.29) is 5.01 Å². The second-order valence-corrected chi connectivity index (χ2v) is 5.35. The monoisotopic (exact) mass is 282 g/mol. The zero-order valence-electron chi connectivity index (χ0n) is 8.96. The van der Waals surface area contributed by atoms with Crippen molar-refractivity contribution in [3.05, 3.63) is 5.01 Å². The molecule has 0 amide bonds. The summed E-state index contributed by atoms with van der Waals surface area (Å²) in [5.74, 6) is 0. The smallest absolute Gasteiger partial charge is 0.174 e. The van der Waals surface area contributed by atoms with Gasteiger partial charge in [0.05, 0.1) is 6.61 Å². The lowest BCUT2D eigenvalue weighted by Crippen LogP contribution is -2.42. The Balaban J connectivity index is 2.71. The molecule has 4 atom stereocenters. The number of aromatic nitrogens is 2. The first-order chi connectivity index (χ1) is 8.01. The Morgan fingerprint density at radius 1 is 1.18 bits per heavy atom. The summed E-state index contributed by atoms with van der Waals surface area (Å²) in [5, 5.41) is 54.0. The molecule has 0 aliphatic carbocycles. The maximum atomic E-state index is 9.71. The van der Waals surface area contributed by atoms with Gasteiger partial charge in [-0.2, -0.15) is 0 Å². The van der Waals surface area contributed by atoms with Crippen molar-refractivity contribution in [2.24, 2.45) is 0 Å². The topological polar surface area (TPSA) is 127 Å². The Morgan fingerprint density at radius 3 is 2.29 bits per heavy atom. The van der Waals surface area contributed by atoms with Gasteiger partial charge < -0.3 is 25.5 Å². The summed E-state index contributed by atoms with van der Waals surface area (Å²) in [6, 6.07) is 0. The van der Waals surface area contributed by atoms with E-state index in [1.165, 1.54) is 11.8 Å². The van der Waals surface area contributed by atoms with Crippen molar-refractivity contribution in [1.29, 1.82) is 0 Å². The Hall–Kier alpha value is -0.290. The van der Waals surface area contributed by atoms with E-state index in [0.29, 0.717) is 4.34 Å². The quantitative estimate of drug-likeness (QED) is 0.394. The van der Waals surface area contributed by atoms with Crippen molar-refractivity contribution < 1.29 is 25.5 Å². The Labute approximate surface area is 106 Å². The third-order valence-corrected chi connectivity index (χ3v) is 4.07. The average Bonchev–Trinajstić information content (AvgIpc) is 2.83. The molecule has 0 bridgehead atoms. The van der Waals surface area contributed by atoms with Crippen LogP contribution in [-0.4, -0.2) is 66.9 Å². The first kappa shape index (κ1) is 14.8. The highest BCUT2D eigenvalue weighted by molar-refractivity contribution is 8.00. The molecule has 0 unspecified atom stereocenters. The van der Waals surface area contributed by atoms with Crippen molar-refractivity contribution in [3.8, 4) is 0 Å². The van der Waals surface area contributed by atoms with E-state index in [1.54, 1.807) is 6.26 Å². The molecule has 0 aliphatic rings. The predicted molar refractivity (Wildman–Crippen MR) is 61.8 cm³/mol. The first-order valence-electron chi connectivity index (χ1n) is 4.71. The molecule has 7 nitrogen and oxygen atoms in total. The molecule has 0 fully saturated rings. The van der Waals surface area contributed by atoms with Gasteiger partial charge in [0.2, 0.25) is 0 Å². The van der Waals surface area contributed by atoms with E-state index in [2.05, 4.69) is 10.2 Å². The largest absolute Gasteiger partial charge is 0.394 e. The predicted octanol–water partition coefficient (Wildman–Crippen LogP) is -1.63. The molecule has 0 aliphatic heterocycles. The van der Waals surface area contributed by atoms with Crippen LogP contribution in [0, 0.1) is 0 Å². The van der Waals surface area contributed by atoms with Gasteiger partial charge in [-0.3, -0.25) is 0 Å². The number of nitrogens with zero attached hydrogens (tertiary/aromatic N) is 2. The SMILES string of the molecule is CSc1nnc([C@@H](O)[C@@H](O)[C@H](O)[C@H](O)CO)s1. The van der Waals surface area contributed by atoms with Crippen LogP contribution in [0.3, 0.4) is 0 Å². The highest BCUT2D eigenvalue weighted by atomic mass is 32.2. The summed E-state index contributed by atoms with van der Waals surface area (Å²) >= 11 is 2.42. The van der Waals surface area contributed by atoms with Crippen LogP contribution in [0.4, 0.5) is 0 Å². The molecule has 0 saturated carbocycles. The van der Waals surface area contributed by atoms with Gasteiger partial charge in [-0.25, -0.2) is 0 Å². The van der Waals surface area contributed by atoms with Crippen LogP contribution in [0.25, 0.3) is 0 Å². The summed E-state index contributed by atoms with van der Waals surface area (Å²) in [7, 11) is 0. The summed E-state index contributed by atoms with van der Waals surface area (Å²) in [6.07, 6.45) is -4.48. The molecule has 17 heavy (non-hydrogen) atoms. The zero-order valence-corrected chi connectivity index (χ0v) is 10.6. The lowest BCUT2D eigenvalue weighted by atomic mass is 10.0. The van der Waals surface area contributed by atoms with Gasteiger partial charge >= 0.3 is 0 Å². The van der Waals surface area contributed by atoms with Gasteiger partial charge in [0, 0.05) is 0 Å². The Bertz CT molecular complexity index is 350. The van der Waals surface area contributed by atoms with Crippen molar-refractivity contribution in [1.82, 2.24) is 10.2 Å². The summed E-state index contributed by atoms with van der Waals surface area (Å²) in [5.41, 5.74) is 0. The highest BCUT2D eigenvalue weighted by Gasteiger charge is 2.32. The number of aliphatic hydroxyl groups is 5. The third kappa shape index (κ3) is 3.58. The van der Waals surface area contributed by atoms with Crippen molar-refractivity contribution in [2.75, 3.05) is 12.9 Å². The summed E-state index contributed by atoms with van der Waals surface area (Å²) in [4.78, 5) is 0. The minimum Gasteiger partial charge on any atom is -0.394 e. The summed E-state index contributed by atoms with van der Waals surface area (Å²) < 4.78 is 0.614. The number of rotatable bonds is 6. The maximum absolute atomic E-state index is 9.71. The molecule has 0 spiro atoms. The van der Waals surface area contributed by atoms with Crippen LogP contribution in [0.1, 0.15) is 11.1 Å². The second kappa shape index (κ2) is 6.59. The molecule has 1 heterocycles. The number of hydrogen-bond donors (Lipinski definition) is 5. The van der Waals surface area contributed by atoms with Gasteiger partial charge in [-0.15, -0.1) is 10.2 Å². The lowest BCUT2D eigenvalue weighted by molar-refractivity contribution is -0.116.